The van der Waals surface area contributed by atoms with Gasteiger partial charge in [-0.3, -0.25) is 0 Å². The molecule has 1 aliphatic heterocycles. The van der Waals surface area contributed by atoms with E-state index in [-0.39, 0.29) is 51.7 Å². The second kappa shape index (κ2) is 10.4. The van der Waals surface area contributed by atoms with E-state index in [1.54, 1.807) is 17.6 Å². The molecule has 1 fully saturated rings. The van der Waals surface area contributed by atoms with Crippen molar-refractivity contribution < 1.29 is 0 Å². The molecule has 0 atom stereocenters. The van der Waals surface area contributed by atoms with E-state index in [4.69, 9.17) is 0 Å². The van der Waals surface area contributed by atoms with Gasteiger partial charge < -0.3 is 13.0 Å². The van der Waals surface area contributed by atoms with Gasteiger partial charge >= 0.3 is 23.1 Å². The van der Waals surface area contributed by atoms with E-state index in [2.05, 4.69) is 13.8 Å². The maximum Gasteiger partial charge on any atom is 2.00 e. The van der Waals surface area contributed by atoms with Crippen LogP contribution in [0.4, 0.5) is 0 Å². The van der Waals surface area contributed by atoms with Gasteiger partial charge in [0.05, 0.1) is 0 Å². The fourth-order valence-electron chi connectivity index (χ4n) is 1.68. The fourth-order valence-corrected chi connectivity index (χ4v) is 4.69. The van der Waals surface area contributed by atoms with Crippen molar-refractivity contribution in [2.24, 2.45) is 0 Å². The van der Waals surface area contributed by atoms with Gasteiger partial charge in [-0.25, -0.2) is 0 Å². The zero-order chi connectivity index (χ0) is 6.69. The van der Waals surface area contributed by atoms with Gasteiger partial charge in [-0.2, -0.15) is 13.8 Å². The van der Waals surface area contributed by atoms with E-state index in [1.807, 2.05) is 0 Å². The first-order valence-corrected chi connectivity index (χ1v) is 6.32. The van der Waals surface area contributed by atoms with Gasteiger partial charge in [0.2, 0.25) is 0 Å². The molecule has 0 radical (unpaired) electrons. The summed E-state index contributed by atoms with van der Waals surface area (Å²) in [6, 6.07) is 3.20. The topological polar surface area (TPSA) is 0 Å². The van der Waals surface area contributed by atoms with Crippen LogP contribution in [0.15, 0.2) is 0 Å². The molecule has 1 heterocycles. The standard InChI is InChI=1S/C8H17Si.CH3.ClH.Mg/c1-8(2)9-6-4-3-5-7-9;;;/h9H,3-7H2,1-2H3;1H3;1H;/q2*-1;;+2. The molecule has 0 unspecified atom stereocenters. The van der Waals surface area contributed by atoms with E-state index in [9.17, 15) is 0 Å². The molecule has 0 bridgehead atoms. The molecular formula is C9H21ClMgSi. The van der Waals surface area contributed by atoms with E-state index in [1.165, 1.54) is 19.3 Å². The van der Waals surface area contributed by atoms with Gasteiger partial charge in [0.15, 0.2) is 0 Å². The molecule has 3 heteroatoms. The van der Waals surface area contributed by atoms with Crippen LogP contribution >= 0.6 is 12.4 Å². The summed E-state index contributed by atoms with van der Waals surface area (Å²) < 4.78 is 0. The van der Waals surface area contributed by atoms with Crippen molar-refractivity contribution in [3.05, 3.63) is 13.0 Å². The van der Waals surface area contributed by atoms with E-state index in [0.29, 0.717) is 0 Å². The number of hydrogen-bond acceptors (Lipinski definition) is 0. The minimum Gasteiger partial charge on any atom is -0.358 e. The largest absolute Gasteiger partial charge is 2.00 e. The van der Waals surface area contributed by atoms with Gasteiger partial charge in [0.25, 0.3) is 0 Å². The van der Waals surface area contributed by atoms with Crippen LogP contribution in [0.5, 0.6) is 0 Å². The maximum absolute atomic E-state index is 2.34. The third-order valence-corrected chi connectivity index (χ3v) is 6.27. The van der Waals surface area contributed by atoms with Crippen LogP contribution in [0.1, 0.15) is 33.1 Å². The molecule has 0 aromatic carbocycles. The summed E-state index contributed by atoms with van der Waals surface area (Å²) in [6.07, 6.45) is 4.57. The van der Waals surface area contributed by atoms with Crippen molar-refractivity contribution in [2.45, 2.75) is 45.2 Å². The van der Waals surface area contributed by atoms with Gasteiger partial charge in [-0.1, -0.05) is 31.4 Å². The number of halogens is 1. The van der Waals surface area contributed by atoms with Crippen LogP contribution < -0.4 is 0 Å². The fraction of sp³-hybridized carbons (Fsp3) is 0.778. The maximum atomic E-state index is 2.34. The second-order valence-corrected chi connectivity index (χ2v) is 7.12. The Labute approximate surface area is 102 Å². The molecule has 0 N–H and O–H groups in total. The number of rotatable bonds is 1. The molecule has 0 amide bonds. The van der Waals surface area contributed by atoms with Gasteiger partial charge in [-0.05, 0) is 0 Å². The van der Waals surface area contributed by atoms with Crippen molar-refractivity contribution >= 4 is 44.3 Å². The molecule has 0 aromatic rings. The SMILES string of the molecule is C[C-](C)[SiH]1CCCCC1.Cl.[CH3-].[Mg+2]. The van der Waals surface area contributed by atoms with Crippen molar-refractivity contribution in [1.82, 2.24) is 0 Å². The van der Waals surface area contributed by atoms with Crippen molar-refractivity contribution in [2.75, 3.05) is 0 Å². The first-order valence-electron chi connectivity index (χ1n) is 4.11. The summed E-state index contributed by atoms with van der Waals surface area (Å²) in [6.45, 7) is 4.67. The second-order valence-electron chi connectivity index (χ2n) is 3.41. The third-order valence-electron chi connectivity index (χ3n) is 2.42. The van der Waals surface area contributed by atoms with Crippen LogP contribution in [0.2, 0.25) is 12.1 Å². The first-order chi connectivity index (χ1) is 4.30. The van der Waals surface area contributed by atoms with Crippen molar-refractivity contribution in [3.63, 3.8) is 0 Å². The van der Waals surface area contributed by atoms with Crippen LogP contribution in [-0.4, -0.2) is 31.8 Å². The molecule has 70 valence electrons. The van der Waals surface area contributed by atoms with E-state index >= 15 is 0 Å². The molecular weight excluding hydrogens is 196 g/mol. The average Bonchev–Trinajstić information content (AvgIpc) is 1.90. The Kier molecular flexibility index (Phi) is 16.3. The predicted molar refractivity (Wildman–Crippen MR) is 64.6 cm³/mol. The van der Waals surface area contributed by atoms with E-state index < -0.39 is 0 Å². The van der Waals surface area contributed by atoms with E-state index in [0.717, 1.165) is 0 Å². The summed E-state index contributed by atoms with van der Waals surface area (Å²) in [7, 11) is -0.283. The quantitative estimate of drug-likeness (QED) is 0.467. The molecule has 0 nitrogen and oxygen atoms in total. The summed E-state index contributed by atoms with van der Waals surface area (Å²) in [5.41, 5.74) is 1.79. The predicted octanol–water partition coefficient (Wildman–Crippen LogP) is 3.04. The van der Waals surface area contributed by atoms with Crippen LogP contribution in [-0.2, 0) is 0 Å². The Morgan fingerprint density at radius 2 is 1.42 bits per heavy atom. The Hall–Kier alpha value is 1.27. The van der Waals surface area contributed by atoms with Crippen molar-refractivity contribution in [3.8, 4) is 0 Å². The molecule has 0 aromatic heterocycles. The zero-order valence-electron chi connectivity index (χ0n) is 8.73. The molecule has 1 rings (SSSR count). The molecule has 0 spiro atoms. The van der Waals surface area contributed by atoms with Gasteiger partial charge in [0.1, 0.15) is 0 Å². The summed E-state index contributed by atoms with van der Waals surface area (Å²) in [4.78, 5) is 0. The molecule has 1 saturated heterocycles. The average molecular weight is 217 g/mol. The monoisotopic (exact) mass is 216 g/mol. The van der Waals surface area contributed by atoms with Crippen LogP contribution in [0.3, 0.4) is 0 Å². The summed E-state index contributed by atoms with van der Waals surface area (Å²) in [5, 5.41) is 0. The van der Waals surface area contributed by atoms with Crippen molar-refractivity contribution in [1.29, 1.82) is 0 Å². The van der Waals surface area contributed by atoms with Gasteiger partial charge in [0, 0.05) is 0 Å². The Morgan fingerprint density at radius 3 is 1.67 bits per heavy atom. The molecule has 0 aliphatic carbocycles. The Balaban J connectivity index is -0.000000270. The third kappa shape index (κ3) is 6.75. The molecule has 0 saturated carbocycles. The van der Waals surface area contributed by atoms with Crippen LogP contribution in [0, 0.1) is 13.0 Å². The minimum absolute atomic E-state index is 0. The zero-order valence-corrected chi connectivity index (χ0v) is 12.1. The summed E-state index contributed by atoms with van der Waals surface area (Å²) in [5.74, 6) is 0. The molecule has 1 aliphatic rings. The number of hydrogen-bond donors (Lipinski definition) is 0. The minimum atomic E-state index is -0.283. The van der Waals surface area contributed by atoms with Gasteiger partial charge in [-0.15, -0.1) is 21.2 Å². The molecule has 12 heavy (non-hydrogen) atoms. The summed E-state index contributed by atoms with van der Waals surface area (Å²) >= 11 is 0. The van der Waals surface area contributed by atoms with Crippen LogP contribution in [0.25, 0.3) is 0 Å². The normalized spacial score (nSPS) is 17.2. The Morgan fingerprint density at radius 1 is 1.00 bits per heavy atom. The first kappa shape index (κ1) is 18.9. The smallest absolute Gasteiger partial charge is 0.358 e. The Bertz CT molecular complexity index is 82.6.